The maximum Gasteiger partial charge on any atom is 0.211 e. The lowest BCUT2D eigenvalue weighted by Gasteiger charge is -2.34. The van der Waals surface area contributed by atoms with Gasteiger partial charge in [0.1, 0.15) is 0 Å². The highest BCUT2D eigenvalue weighted by Crippen LogP contribution is 2.15. The van der Waals surface area contributed by atoms with Crippen LogP contribution in [-0.2, 0) is 10.0 Å². The number of anilines is 1. The summed E-state index contributed by atoms with van der Waals surface area (Å²) >= 11 is 0. The van der Waals surface area contributed by atoms with E-state index in [1.54, 1.807) is 0 Å². The number of rotatable bonds is 2. The van der Waals surface area contributed by atoms with Crippen LogP contribution in [-0.4, -0.2) is 45.2 Å². The Morgan fingerprint density at radius 3 is 2.38 bits per heavy atom. The van der Waals surface area contributed by atoms with Crippen LogP contribution in [0.15, 0.2) is 24.3 Å². The van der Waals surface area contributed by atoms with Crippen molar-refractivity contribution in [2.45, 2.75) is 0 Å². The quantitative estimate of drug-likeness (QED) is 0.757. The van der Waals surface area contributed by atoms with Gasteiger partial charge in [0.2, 0.25) is 10.0 Å². The van der Waals surface area contributed by atoms with Gasteiger partial charge >= 0.3 is 0 Å². The maximum atomic E-state index is 11.3. The van der Waals surface area contributed by atoms with Gasteiger partial charge in [-0.2, -0.15) is 4.31 Å². The first kappa shape index (κ1) is 11.4. The van der Waals surface area contributed by atoms with Crippen LogP contribution >= 0.6 is 0 Å². The summed E-state index contributed by atoms with van der Waals surface area (Å²) in [4.78, 5) is 2.15. The molecule has 0 spiro atoms. The standard InChI is InChI=1S/C11H15N2O2S/c1-16(14,15)13-9-7-12(8-10-13)11-5-3-2-4-6-11/h2-5H,7-10H2,1H3. The minimum atomic E-state index is -3.04. The summed E-state index contributed by atoms with van der Waals surface area (Å²) in [6.45, 7) is 2.57. The molecule has 0 N–H and O–H groups in total. The summed E-state index contributed by atoms with van der Waals surface area (Å²) < 4.78 is 24.2. The summed E-state index contributed by atoms with van der Waals surface area (Å²) in [6.07, 6.45) is 1.26. The first-order valence-electron chi connectivity index (χ1n) is 5.24. The molecule has 0 unspecified atom stereocenters. The predicted molar refractivity (Wildman–Crippen MR) is 63.9 cm³/mol. The van der Waals surface area contributed by atoms with Gasteiger partial charge in [-0.25, -0.2) is 8.42 Å². The monoisotopic (exact) mass is 239 g/mol. The number of sulfonamides is 1. The molecule has 1 aliphatic heterocycles. The smallest absolute Gasteiger partial charge is 0.211 e. The van der Waals surface area contributed by atoms with Gasteiger partial charge in [0.05, 0.1) is 6.26 Å². The molecule has 5 heteroatoms. The summed E-state index contributed by atoms with van der Waals surface area (Å²) in [5.41, 5.74) is 1.04. The zero-order chi connectivity index (χ0) is 11.6. The van der Waals surface area contributed by atoms with Crippen LogP contribution < -0.4 is 4.90 Å². The number of benzene rings is 1. The van der Waals surface area contributed by atoms with E-state index in [0.29, 0.717) is 13.1 Å². The Morgan fingerprint density at radius 2 is 1.88 bits per heavy atom. The fourth-order valence-corrected chi connectivity index (χ4v) is 2.67. The summed E-state index contributed by atoms with van der Waals surface area (Å²) in [7, 11) is -3.04. The molecule has 0 aliphatic carbocycles. The van der Waals surface area contributed by atoms with Crippen molar-refractivity contribution in [3.8, 4) is 0 Å². The minimum absolute atomic E-state index is 0.557. The molecule has 1 heterocycles. The molecule has 1 saturated heterocycles. The lowest BCUT2D eigenvalue weighted by atomic mass is 10.2. The van der Waals surface area contributed by atoms with Gasteiger partial charge in [0.25, 0.3) is 0 Å². The van der Waals surface area contributed by atoms with Gasteiger partial charge in [-0.15, -0.1) is 0 Å². The molecular formula is C11H15N2O2S. The molecule has 0 saturated carbocycles. The first-order valence-corrected chi connectivity index (χ1v) is 7.09. The molecule has 0 bridgehead atoms. The zero-order valence-corrected chi connectivity index (χ0v) is 10.1. The lowest BCUT2D eigenvalue weighted by Crippen LogP contribution is -2.48. The Bertz CT molecular complexity index is 436. The van der Waals surface area contributed by atoms with Crippen LogP contribution in [0.2, 0.25) is 0 Å². The first-order chi connectivity index (χ1) is 7.57. The Labute approximate surface area is 96.5 Å². The van der Waals surface area contributed by atoms with Crippen molar-refractivity contribution in [2.75, 3.05) is 37.3 Å². The molecular weight excluding hydrogens is 224 g/mol. The molecule has 0 atom stereocenters. The van der Waals surface area contributed by atoms with E-state index in [0.717, 1.165) is 18.8 Å². The third kappa shape index (κ3) is 2.54. The normalized spacial score (nSPS) is 18.7. The van der Waals surface area contributed by atoms with E-state index in [2.05, 4.69) is 11.0 Å². The molecule has 0 aromatic heterocycles. The molecule has 16 heavy (non-hydrogen) atoms. The van der Waals surface area contributed by atoms with Crippen LogP contribution in [0.25, 0.3) is 0 Å². The van der Waals surface area contributed by atoms with Gasteiger partial charge < -0.3 is 4.90 Å². The molecule has 1 fully saturated rings. The third-order valence-corrected chi connectivity index (χ3v) is 4.04. The topological polar surface area (TPSA) is 40.6 Å². The van der Waals surface area contributed by atoms with Crippen LogP contribution in [0.1, 0.15) is 0 Å². The highest BCUT2D eigenvalue weighted by atomic mass is 32.2. The van der Waals surface area contributed by atoms with Crippen molar-refractivity contribution in [1.82, 2.24) is 4.31 Å². The molecule has 1 aliphatic rings. The molecule has 87 valence electrons. The van der Waals surface area contributed by atoms with Crippen molar-refractivity contribution in [2.24, 2.45) is 0 Å². The molecule has 4 nitrogen and oxygen atoms in total. The average molecular weight is 239 g/mol. The molecule has 1 aromatic rings. The summed E-state index contributed by atoms with van der Waals surface area (Å²) in [6, 6.07) is 10.9. The zero-order valence-electron chi connectivity index (χ0n) is 9.26. The molecule has 2 rings (SSSR count). The number of nitrogens with zero attached hydrogens (tertiary/aromatic N) is 2. The van der Waals surface area contributed by atoms with Gasteiger partial charge in [-0.1, -0.05) is 18.2 Å². The van der Waals surface area contributed by atoms with Crippen LogP contribution in [0, 0.1) is 6.07 Å². The van der Waals surface area contributed by atoms with Crippen LogP contribution in [0.4, 0.5) is 5.69 Å². The van der Waals surface area contributed by atoms with Crippen molar-refractivity contribution < 1.29 is 8.42 Å². The molecule has 0 amide bonds. The number of para-hydroxylation sites is 1. The van der Waals surface area contributed by atoms with Crippen molar-refractivity contribution in [3.05, 3.63) is 30.3 Å². The second-order valence-electron chi connectivity index (χ2n) is 3.90. The van der Waals surface area contributed by atoms with Crippen molar-refractivity contribution >= 4 is 15.7 Å². The van der Waals surface area contributed by atoms with Crippen molar-refractivity contribution in [3.63, 3.8) is 0 Å². The minimum Gasteiger partial charge on any atom is -0.368 e. The highest BCUT2D eigenvalue weighted by molar-refractivity contribution is 7.88. The molecule has 1 aromatic carbocycles. The van der Waals surface area contributed by atoms with E-state index in [1.165, 1.54) is 10.6 Å². The largest absolute Gasteiger partial charge is 0.368 e. The fraction of sp³-hybridized carbons (Fsp3) is 0.455. The van der Waals surface area contributed by atoms with Crippen molar-refractivity contribution in [1.29, 1.82) is 0 Å². The van der Waals surface area contributed by atoms with E-state index in [4.69, 9.17) is 0 Å². The highest BCUT2D eigenvalue weighted by Gasteiger charge is 2.23. The number of piperazine rings is 1. The second kappa shape index (κ2) is 4.43. The average Bonchev–Trinajstić information content (AvgIpc) is 2.29. The van der Waals surface area contributed by atoms with E-state index < -0.39 is 10.0 Å². The van der Waals surface area contributed by atoms with Crippen LogP contribution in [0.3, 0.4) is 0 Å². The Hall–Kier alpha value is -1.07. The second-order valence-corrected chi connectivity index (χ2v) is 5.88. The lowest BCUT2D eigenvalue weighted by molar-refractivity contribution is 0.388. The maximum absolute atomic E-state index is 11.3. The molecule has 1 radical (unpaired) electrons. The third-order valence-electron chi connectivity index (χ3n) is 2.74. The van der Waals surface area contributed by atoms with Crippen LogP contribution in [0.5, 0.6) is 0 Å². The predicted octanol–water partition coefficient (Wildman–Crippen LogP) is 0.568. The van der Waals surface area contributed by atoms with E-state index >= 15 is 0 Å². The van der Waals surface area contributed by atoms with Gasteiger partial charge in [0, 0.05) is 37.9 Å². The summed E-state index contributed by atoms with van der Waals surface area (Å²) in [5, 5.41) is 0. The van der Waals surface area contributed by atoms with E-state index in [9.17, 15) is 8.42 Å². The Kier molecular flexibility index (Phi) is 3.16. The fourth-order valence-electron chi connectivity index (χ4n) is 1.84. The summed E-state index contributed by atoms with van der Waals surface area (Å²) in [5.74, 6) is 0. The van der Waals surface area contributed by atoms with Gasteiger partial charge in [0.15, 0.2) is 0 Å². The van der Waals surface area contributed by atoms with E-state index in [-0.39, 0.29) is 0 Å². The number of hydrogen-bond acceptors (Lipinski definition) is 3. The van der Waals surface area contributed by atoms with E-state index in [1.807, 2.05) is 24.3 Å². The Morgan fingerprint density at radius 1 is 1.19 bits per heavy atom. The van der Waals surface area contributed by atoms with Gasteiger partial charge in [-0.05, 0) is 6.07 Å². The number of hydrogen-bond donors (Lipinski definition) is 0. The Balaban J connectivity index is 2.01. The van der Waals surface area contributed by atoms with Gasteiger partial charge in [-0.3, -0.25) is 0 Å². The SMILES string of the molecule is CS(=O)(=O)N1CCN(c2[c]cccc2)CC1.